The van der Waals surface area contributed by atoms with Gasteiger partial charge in [0.05, 0.1) is 25.5 Å². The smallest absolute Gasteiger partial charge is 0.0670 e. The topological polar surface area (TPSA) is 36.8 Å². The van der Waals surface area contributed by atoms with Crippen molar-refractivity contribution in [2.24, 2.45) is 9.49 Å². The molecule has 8 rings (SSSR count). The van der Waals surface area contributed by atoms with Crippen LogP contribution in [0, 0.1) is 6.92 Å². The van der Waals surface area contributed by atoms with Crippen molar-refractivity contribution in [2.45, 2.75) is 19.9 Å². The van der Waals surface area contributed by atoms with Gasteiger partial charge in [-0.2, -0.15) is 0 Å². The van der Waals surface area contributed by atoms with Crippen molar-refractivity contribution in [3.63, 3.8) is 0 Å². The van der Waals surface area contributed by atoms with Gasteiger partial charge in [0.2, 0.25) is 0 Å². The summed E-state index contributed by atoms with van der Waals surface area (Å²) >= 11 is 0. The third kappa shape index (κ3) is 8.20. The SMILES string of the molecule is Cc1ccc(N=P(c2ccccc2)(c2ccccc2)c2ccccc2)c(CNCCc2ccccc2N=P(c2ccccc2)(c2ccccc2)c2ccccc2)c1. The van der Waals surface area contributed by atoms with Crippen LogP contribution in [0.2, 0.25) is 0 Å². The molecule has 1 N–H and O–H groups in total. The summed E-state index contributed by atoms with van der Waals surface area (Å²) < 4.78 is 11.7. The lowest BCUT2D eigenvalue weighted by Crippen LogP contribution is -2.25. The Bertz CT molecular complexity index is 2420. The summed E-state index contributed by atoms with van der Waals surface area (Å²) in [6.45, 7) is 3.66. The molecule has 280 valence electrons. The Labute approximate surface area is 338 Å². The number of hydrogen-bond acceptors (Lipinski definition) is 3. The maximum absolute atomic E-state index is 5.88. The molecule has 0 spiro atoms. The molecule has 0 amide bonds. The summed E-state index contributed by atoms with van der Waals surface area (Å²) in [7, 11) is -4.82. The van der Waals surface area contributed by atoms with Gasteiger partial charge in [0.1, 0.15) is 0 Å². The molecule has 0 saturated heterocycles. The van der Waals surface area contributed by atoms with Gasteiger partial charge in [0.25, 0.3) is 0 Å². The second-order valence-corrected chi connectivity index (χ2v) is 20.2. The van der Waals surface area contributed by atoms with E-state index in [0.29, 0.717) is 6.54 Å². The summed E-state index contributed by atoms with van der Waals surface area (Å²) in [5, 5.41) is 11.3. The molecular weight excluding hydrogens is 729 g/mol. The van der Waals surface area contributed by atoms with Gasteiger partial charge in [-0.15, -0.1) is 0 Å². The summed E-state index contributed by atoms with van der Waals surface area (Å²) in [5.74, 6) is 0. The van der Waals surface area contributed by atoms with Crippen LogP contribution in [0.25, 0.3) is 0 Å². The Morgan fingerprint density at radius 2 is 0.702 bits per heavy atom. The summed E-state index contributed by atoms with van der Waals surface area (Å²) in [6, 6.07) is 80.5. The van der Waals surface area contributed by atoms with Crippen LogP contribution in [0.3, 0.4) is 0 Å². The second-order valence-electron chi connectivity index (χ2n) is 14.2. The Balaban J connectivity index is 1.15. The third-order valence-corrected chi connectivity index (χ3v) is 17.7. The summed E-state index contributed by atoms with van der Waals surface area (Å²) in [4.78, 5) is 0. The Hall–Kier alpha value is -5.82. The lowest BCUT2D eigenvalue weighted by Gasteiger charge is -2.27. The van der Waals surface area contributed by atoms with Gasteiger partial charge in [-0.25, -0.2) is 0 Å². The highest BCUT2D eigenvalue weighted by atomic mass is 31.2. The van der Waals surface area contributed by atoms with Gasteiger partial charge in [-0.05, 0) is 43.1 Å². The molecule has 0 bridgehead atoms. The molecule has 0 heterocycles. The standard InChI is InChI=1S/C52H47N3P2/c1-42-36-37-52(55-57(48-29-14-5-15-30-48,49-31-16-6-17-32-49)50-33-18-7-19-34-50)44(40-42)41-53-39-38-43-22-20-21-35-51(43)54-56(45-23-8-2-9-24-45,46-25-10-3-11-26-46)47-27-12-4-13-28-47/h2-37,40,53H,38-39,41H2,1H3. The molecule has 8 aromatic rings. The fourth-order valence-corrected chi connectivity index (χ4v) is 14.8. The van der Waals surface area contributed by atoms with E-state index in [4.69, 9.17) is 9.49 Å². The minimum atomic E-state index is -2.42. The fraction of sp³-hybridized carbons (Fsp3) is 0.0769. The van der Waals surface area contributed by atoms with Crippen molar-refractivity contribution in [2.75, 3.05) is 6.54 Å². The van der Waals surface area contributed by atoms with Gasteiger partial charge in [-0.3, -0.25) is 9.49 Å². The zero-order valence-corrected chi connectivity index (χ0v) is 34.1. The Morgan fingerprint density at radius 3 is 1.09 bits per heavy atom. The van der Waals surface area contributed by atoms with E-state index in [1.165, 1.54) is 48.5 Å². The number of nitrogens with zero attached hydrogens (tertiary/aromatic N) is 2. The van der Waals surface area contributed by atoms with E-state index in [9.17, 15) is 0 Å². The van der Waals surface area contributed by atoms with Gasteiger partial charge in [0, 0.05) is 38.4 Å². The normalized spacial score (nSPS) is 11.5. The molecule has 8 aromatic carbocycles. The molecular formula is C52H47N3P2. The van der Waals surface area contributed by atoms with E-state index < -0.39 is 14.1 Å². The van der Waals surface area contributed by atoms with Crippen molar-refractivity contribution in [3.05, 3.63) is 241 Å². The average Bonchev–Trinajstić information content (AvgIpc) is 3.29. The molecule has 0 unspecified atom stereocenters. The number of aryl methyl sites for hydroxylation is 1. The van der Waals surface area contributed by atoms with Crippen LogP contribution in [0.4, 0.5) is 11.4 Å². The molecule has 5 heteroatoms. The van der Waals surface area contributed by atoms with E-state index in [1.807, 2.05) is 0 Å². The molecule has 57 heavy (non-hydrogen) atoms. The van der Waals surface area contributed by atoms with E-state index in [2.05, 4.69) is 237 Å². The van der Waals surface area contributed by atoms with Crippen molar-refractivity contribution in [3.8, 4) is 0 Å². The van der Waals surface area contributed by atoms with Crippen LogP contribution < -0.4 is 37.1 Å². The van der Waals surface area contributed by atoms with Crippen LogP contribution in [0.1, 0.15) is 16.7 Å². The first-order chi connectivity index (χ1) is 28.2. The molecule has 0 atom stereocenters. The Morgan fingerprint density at radius 1 is 0.368 bits per heavy atom. The predicted molar refractivity (Wildman–Crippen MR) is 248 cm³/mol. The maximum atomic E-state index is 5.88. The highest BCUT2D eigenvalue weighted by Gasteiger charge is 2.29. The molecule has 0 aromatic heterocycles. The zero-order valence-electron chi connectivity index (χ0n) is 32.3. The highest BCUT2D eigenvalue weighted by Crippen LogP contribution is 2.51. The van der Waals surface area contributed by atoms with Crippen LogP contribution in [0.5, 0.6) is 0 Å². The first-order valence-electron chi connectivity index (χ1n) is 19.6. The summed E-state index contributed by atoms with van der Waals surface area (Å²) in [5.41, 5.74) is 5.71. The number of rotatable bonds is 13. The first-order valence-corrected chi connectivity index (χ1v) is 23.1. The predicted octanol–water partition coefficient (Wildman–Crippen LogP) is 10.9. The molecule has 0 aliphatic heterocycles. The van der Waals surface area contributed by atoms with E-state index in [1.54, 1.807) is 0 Å². The lowest BCUT2D eigenvalue weighted by molar-refractivity contribution is 0.687. The largest absolute Gasteiger partial charge is 0.312 e. The average molecular weight is 776 g/mol. The number of hydrogen-bond donors (Lipinski definition) is 1. The van der Waals surface area contributed by atoms with Crippen LogP contribution >= 0.6 is 14.1 Å². The quantitative estimate of drug-likeness (QED) is 0.0919. The van der Waals surface area contributed by atoms with Gasteiger partial charge >= 0.3 is 0 Å². The van der Waals surface area contributed by atoms with Crippen molar-refractivity contribution in [1.29, 1.82) is 0 Å². The second kappa shape index (κ2) is 18.0. The monoisotopic (exact) mass is 775 g/mol. The molecule has 0 aliphatic rings. The van der Waals surface area contributed by atoms with Crippen LogP contribution in [-0.4, -0.2) is 6.54 Å². The van der Waals surface area contributed by atoms with Crippen molar-refractivity contribution >= 4 is 57.3 Å². The van der Waals surface area contributed by atoms with Gasteiger partial charge < -0.3 is 5.32 Å². The van der Waals surface area contributed by atoms with Crippen molar-refractivity contribution < 1.29 is 0 Å². The third-order valence-electron chi connectivity index (χ3n) is 10.4. The number of nitrogens with one attached hydrogen (secondary N) is 1. The minimum Gasteiger partial charge on any atom is -0.312 e. The van der Waals surface area contributed by atoms with Gasteiger partial charge in [0.15, 0.2) is 0 Å². The van der Waals surface area contributed by atoms with E-state index in [-0.39, 0.29) is 0 Å². The fourth-order valence-electron chi connectivity index (χ4n) is 7.65. The molecule has 0 saturated carbocycles. The highest BCUT2D eigenvalue weighted by molar-refractivity contribution is 7.88. The molecule has 0 fully saturated rings. The maximum Gasteiger partial charge on any atom is 0.0670 e. The van der Waals surface area contributed by atoms with E-state index >= 15 is 0 Å². The molecule has 0 radical (unpaired) electrons. The number of benzene rings is 8. The molecule has 3 nitrogen and oxygen atoms in total. The lowest BCUT2D eigenvalue weighted by atomic mass is 10.1. The van der Waals surface area contributed by atoms with E-state index in [0.717, 1.165) is 24.3 Å². The van der Waals surface area contributed by atoms with Gasteiger partial charge in [-0.1, -0.05) is 218 Å². The van der Waals surface area contributed by atoms with Crippen LogP contribution in [-0.2, 0) is 13.0 Å². The molecule has 0 aliphatic carbocycles. The van der Waals surface area contributed by atoms with Crippen molar-refractivity contribution in [1.82, 2.24) is 5.32 Å². The first kappa shape index (κ1) is 38.1. The Kier molecular flexibility index (Phi) is 12.0. The van der Waals surface area contributed by atoms with Crippen LogP contribution in [0.15, 0.2) is 234 Å². The zero-order chi connectivity index (χ0) is 38.8. The summed E-state index contributed by atoms with van der Waals surface area (Å²) in [6.07, 6.45) is 0.839. The minimum absolute atomic E-state index is 0.702.